The van der Waals surface area contributed by atoms with Gasteiger partial charge in [-0.1, -0.05) is 61.7 Å². The maximum Gasteiger partial charge on any atom is 0.0651 e. The van der Waals surface area contributed by atoms with Crippen LogP contribution in [0.2, 0.25) is 5.02 Å². The molecule has 3 rings (SSSR count). The van der Waals surface area contributed by atoms with E-state index in [1.165, 1.54) is 11.1 Å². The fourth-order valence-corrected chi connectivity index (χ4v) is 4.09. The largest absolute Gasteiger partial charge is 0.384 e. The minimum Gasteiger partial charge on any atom is -0.384 e. The molecular formula is C15H12Br2ClN. The summed E-state index contributed by atoms with van der Waals surface area (Å²) in [6.07, 6.45) is 1.07. The van der Waals surface area contributed by atoms with E-state index in [2.05, 4.69) is 61.4 Å². The minimum atomic E-state index is 0.377. The van der Waals surface area contributed by atoms with Crippen LogP contribution in [-0.2, 0) is 0 Å². The summed E-state index contributed by atoms with van der Waals surface area (Å²) in [7, 11) is 0. The molecule has 0 aliphatic carbocycles. The van der Waals surface area contributed by atoms with Crippen LogP contribution in [0.4, 0.5) is 5.69 Å². The van der Waals surface area contributed by atoms with Gasteiger partial charge in [-0.3, -0.25) is 0 Å². The van der Waals surface area contributed by atoms with Crippen LogP contribution in [0.25, 0.3) is 0 Å². The van der Waals surface area contributed by atoms with Crippen molar-refractivity contribution in [1.82, 2.24) is 0 Å². The number of halogens is 3. The summed E-state index contributed by atoms with van der Waals surface area (Å²) in [5.41, 5.74) is 3.65. The molecule has 0 fully saturated rings. The summed E-state index contributed by atoms with van der Waals surface area (Å²) in [6, 6.07) is 12.5. The molecule has 1 heterocycles. The molecule has 0 amide bonds. The highest BCUT2D eigenvalue weighted by atomic mass is 79.9. The van der Waals surface area contributed by atoms with Gasteiger partial charge < -0.3 is 5.32 Å². The maximum absolute atomic E-state index is 6.34. The molecule has 2 aromatic rings. The number of hydrogen-bond acceptors (Lipinski definition) is 1. The monoisotopic (exact) mass is 399 g/mol. The molecule has 0 saturated heterocycles. The second kappa shape index (κ2) is 5.47. The van der Waals surface area contributed by atoms with Crippen LogP contribution in [-0.4, -0.2) is 6.54 Å². The fraction of sp³-hybridized carbons (Fsp3) is 0.200. The van der Waals surface area contributed by atoms with Gasteiger partial charge in [-0.15, -0.1) is 0 Å². The normalized spacial score (nSPS) is 17.7. The molecule has 0 radical (unpaired) electrons. The van der Waals surface area contributed by atoms with E-state index in [0.29, 0.717) is 5.92 Å². The van der Waals surface area contributed by atoms with Crippen LogP contribution in [0.5, 0.6) is 0 Å². The summed E-state index contributed by atoms with van der Waals surface area (Å²) in [4.78, 5) is 0. The van der Waals surface area contributed by atoms with Crippen molar-refractivity contribution in [3.63, 3.8) is 0 Å². The maximum atomic E-state index is 6.34. The Balaban J connectivity index is 2.15. The number of nitrogens with one attached hydrogen (secondary N) is 1. The van der Waals surface area contributed by atoms with Gasteiger partial charge >= 0.3 is 0 Å². The topological polar surface area (TPSA) is 12.0 Å². The number of anilines is 1. The van der Waals surface area contributed by atoms with E-state index in [1.807, 2.05) is 12.1 Å². The molecule has 1 N–H and O–H groups in total. The first kappa shape index (κ1) is 13.5. The number of rotatable bonds is 1. The van der Waals surface area contributed by atoms with E-state index >= 15 is 0 Å². The van der Waals surface area contributed by atoms with E-state index in [0.717, 1.165) is 32.6 Å². The zero-order chi connectivity index (χ0) is 13.4. The van der Waals surface area contributed by atoms with E-state index in [4.69, 9.17) is 11.6 Å². The SMILES string of the molecule is Clc1cc(Br)cc2c1NCCC2c1ccccc1Br. The van der Waals surface area contributed by atoms with Crippen molar-refractivity contribution in [2.24, 2.45) is 0 Å². The van der Waals surface area contributed by atoms with Crippen molar-refractivity contribution < 1.29 is 0 Å². The van der Waals surface area contributed by atoms with Gasteiger partial charge in [-0.05, 0) is 35.7 Å². The van der Waals surface area contributed by atoms with Gasteiger partial charge in [0, 0.05) is 21.4 Å². The Morgan fingerprint density at radius 3 is 2.68 bits per heavy atom. The van der Waals surface area contributed by atoms with E-state index in [9.17, 15) is 0 Å². The molecule has 19 heavy (non-hydrogen) atoms. The van der Waals surface area contributed by atoms with Crippen LogP contribution >= 0.6 is 43.5 Å². The van der Waals surface area contributed by atoms with Crippen molar-refractivity contribution >= 4 is 49.1 Å². The molecule has 0 spiro atoms. The third kappa shape index (κ3) is 2.56. The smallest absolute Gasteiger partial charge is 0.0651 e. The van der Waals surface area contributed by atoms with Crippen molar-refractivity contribution in [1.29, 1.82) is 0 Å². The third-order valence-electron chi connectivity index (χ3n) is 3.48. The first-order chi connectivity index (χ1) is 9.16. The lowest BCUT2D eigenvalue weighted by Crippen LogP contribution is -2.18. The number of fused-ring (bicyclic) bond motifs is 1. The number of hydrogen-bond donors (Lipinski definition) is 1. The van der Waals surface area contributed by atoms with E-state index in [1.54, 1.807) is 0 Å². The van der Waals surface area contributed by atoms with Crippen molar-refractivity contribution in [3.8, 4) is 0 Å². The van der Waals surface area contributed by atoms with Gasteiger partial charge in [-0.25, -0.2) is 0 Å². The lowest BCUT2D eigenvalue weighted by atomic mass is 9.85. The predicted octanol–water partition coefficient (Wildman–Crippen LogP) is 5.81. The van der Waals surface area contributed by atoms with Crippen LogP contribution in [0, 0.1) is 0 Å². The summed E-state index contributed by atoms with van der Waals surface area (Å²) >= 11 is 13.5. The van der Waals surface area contributed by atoms with Crippen molar-refractivity contribution in [2.75, 3.05) is 11.9 Å². The second-order valence-corrected chi connectivity index (χ2v) is 6.82. The zero-order valence-corrected chi connectivity index (χ0v) is 14.0. The Hall–Kier alpha value is -0.510. The van der Waals surface area contributed by atoms with Gasteiger partial charge in [0.2, 0.25) is 0 Å². The zero-order valence-electron chi connectivity index (χ0n) is 10.1. The summed E-state index contributed by atoms with van der Waals surface area (Å²) < 4.78 is 2.18. The molecule has 1 aliphatic heterocycles. The molecule has 1 aliphatic rings. The van der Waals surface area contributed by atoms with E-state index < -0.39 is 0 Å². The molecule has 0 aromatic heterocycles. The van der Waals surface area contributed by atoms with Gasteiger partial charge in [0.25, 0.3) is 0 Å². The first-order valence-corrected chi connectivity index (χ1v) is 8.10. The molecule has 0 bridgehead atoms. The third-order valence-corrected chi connectivity index (χ3v) is 4.95. The van der Waals surface area contributed by atoms with Gasteiger partial charge in [-0.2, -0.15) is 0 Å². The summed E-state index contributed by atoms with van der Waals surface area (Å²) in [5.74, 6) is 0.377. The summed E-state index contributed by atoms with van der Waals surface area (Å²) in [5, 5.41) is 4.19. The molecule has 2 aromatic carbocycles. The molecule has 98 valence electrons. The highest BCUT2D eigenvalue weighted by Gasteiger charge is 2.25. The van der Waals surface area contributed by atoms with Gasteiger partial charge in [0.1, 0.15) is 0 Å². The first-order valence-electron chi connectivity index (χ1n) is 6.14. The average molecular weight is 402 g/mol. The van der Waals surface area contributed by atoms with Gasteiger partial charge in [0.05, 0.1) is 10.7 Å². The second-order valence-electron chi connectivity index (χ2n) is 4.64. The van der Waals surface area contributed by atoms with Gasteiger partial charge in [0.15, 0.2) is 0 Å². The molecule has 1 atom stereocenters. The molecule has 4 heteroatoms. The summed E-state index contributed by atoms with van der Waals surface area (Å²) in [6.45, 7) is 0.945. The van der Waals surface area contributed by atoms with Crippen LogP contribution < -0.4 is 5.32 Å². The minimum absolute atomic E-state index is 0.377. The Morgan fingerprint density at radius 2 is 1.89 bits per heavy atom. The molecule has 1 unspecified atom stereocenters. The molecule has 0 saturated carbocycles. The lowest BCUT2D eigenvalue weighted by molar-refractivity contribution is 0.717. The molecular weight excluding hydrogens is 389 g/mol. The van der Waals surface area contributed by atoms with Crippen molar-refractivity contribution in [3.05, 3.63) is 61.5 Å². The van der Waals surface area contributed by atoms with Crippen molar-refractivity contribution in [2.45, 2.75) is 12.3 Å². The Labute approximate surface area is 134 Å². The van der Waals surface area contributed by atoms with Crippen LogP contribution in [0.15, 0.2) is 45.3 Å². The Bertz CT molecular complexity index is 628. The van der Waals surface area contributed by atoms with Crippen LogP contribution in [0.3, 0.4) is 0 Å². The highest BCUT2D eigenvalue weighted by Crippen LogP contribution is 2.43. The highest BCUT2D eigenvalue weighted by molar-refractivity contribution is 9.10. The Morgan fingerprint density at radius 1 is 1.11 bits per heavy atom. The number of benzene rings is 2. The van der Waals surface area contributed by atoms with E-state index in [-0.39, 0.29) is 0 Å². The average Bonchev–Trinajstić information content (AvgIpc) is 2.39. The Kier molecular flexibility index (Phi) is 3.88. The lowest BCUT2D eigenvalue weighted by Gasteiger charge is -2.28. The fourth-order valence-electron chi connectivity index (χ4n) is 2.63. The predicted molar refractivity (Wildman–Crippen MR) is 88.2 cm³/mol. The van der Waals surface area contributed by atoms with Crippen LogP contribution in [0.1, 0.15) is 23.5 Å². The quantitative estimate of drug-likeness (QED) is 0.636. The standard InChI is InChI=1S/C15H12Br2ClN/c16-9-7-12-10(11-3-1-2-4-13(11)17)5-6-19-15(12)14(18)8-9/h1-4,7-8,10,19H,5-6H2. The molecule has 1 nitrogen and oxygen atoms in total.